The number of rotatable bonds is 4. The van der Waals surface area contributed by atoms with Crippen molar-refractivity contribution in [2.45, 2.75) is 13.5 Å². The third kappa shape index (κ3) is 2.79. The van der Waals surface area contributed by atoms with E-state index in [4.69, 9.17) is 4.74 Å². The average Bonchev–Trinajstić information content (AvgIpc) is 3.32. The molecule has 0 N–H and O–H groups in total. The average molecular weight is 369 g/mol. The predicted octanol–water partition coefficient (Wildman–Crippen LogP) is 4.11. The fraction of sp³-hybridized carbons (Fsp3) is 0.136. The first-order chi connectivity index (χ1) is 13.7. The van der Waals surface area contributed by atoms with Gasteiger partial charge in [0.15, 0.2) is 0 Å². The predicted molar refractivity (Wildman–Crippen MR) is 109 cm³/mol. The lowest BCUT2D eigenvalue weighted by atomic mass is 10.1. The highest BCUT2D eigenvalue weighted by molar-refractivity contribution is 5.80. The van der Waals surface area contributed by atoms with Gasteiger partial charge in [0.2, 0.25) is 0 Å². The molecule has 0 unspecified atom stereocenters. The summed E-state index contributed by atoms with van der Waals surface area (Å²) in [4.78, 5) is 9.08. The van der Waals surface area contributed by atoms with Gasteiger partial charge in [-0.2, -0.15) is 5.10 Å². The van der Waals surface area contributed by atoms with Gasteiger partial charge in [-0.15, -0.1) is 0 Å². The Bertz CT molecular complexity index is 1300. The van der Waals surface area contributed by atoms with Crippen molar-refractivity contribution < 1.29 is 4.74 Å². The number of ether oxygens (including phenoxy) is 1. The van der Waals surface area contributed by atoms with E-state index in [9.17, 15) is 0 Å². The quantitative estimate of drug-likeness (QED) is 0.478. The van der Waals surface area contributed by atoms with Crippen LogP contribution in [0.5, 0.6) is 5.75 Å². The third-order valence-electron chi connectivity index (χ3n) is 4.95. The summed E-state index contributed by atoms with van der Waals surface area (Å²) in [5.74, 6) is 0.792. The van der Waals surface area contributed by atoms with Crippen molar-refractivity contribution in [3.63, 3.8) is 0 Å². The van der Waals surface area contributed by atoms with Crippen LogP contribution >= 0.6 is 0 Å². The number of fused-ring (bicyclic) bond motifs is 2. The second-order valence-electron chi connectivity index (χ2n) is 6.85. The second kappa shape index (κ2) is 6.49. The number of pyridine rings is 2. The molecule has 0 atom stereocenters. The summed E-state index contributed by atoms with van der Waals surface area (Å²) in [6, 6.07) is 14.4. The maximum atomic E-state index is 5.35. The molecule has 4 heterocycles. The number of hydrogen-bond acceptors (Lipinski definition) is 4. The molecule has 0 aliphatic rings. The van der Waals surface area contributed by atoms with Gasteiger partial charge in [-0.05, 0) is 30.7 Å². The molecule has 6 nitrogen and oxygen atoms in total. The van der Waals surface area contributed by atoms with Gasteiger partial charge in [-0.3, -0.25) is 14.1 Å². The van der Waals surface area contributed by atoms with Crippen LogP contribution in [0.2, 0.25) is 0 Å². The summed E-state index contributed by atoms with van der Waals surface area (Å²) in [5, 5.41) is 4.55. The number of aryl methyl sites for hydroxylation is 1. The van der Waals surface area contributed by atoms with E-state index >= 15 is 0 Å². The van der Waals surface area contributed by atoms with Crippen LogP contribution in [-0.4, -0.2) is 31.3 Å². The van der Waals surface area contributed by atoms with Crippen LogP contribution in [0, 0.1) is 6.92 Å². The second-order valence-corrected chi connectivity index (χ2v) is 6.85. The van der Waals surface area contributed by atoms with E-state index in [-0.39, 0.29) is 0 Å². The highest BCUT2D eigenvalue weighted by Gasteiger charge is 2.10. The molecule has 28 heavy (non-hydrogen) atoms. The molecule has 6 heteroatoms. The summed E-state index contributed by atoms with van der Waals surface area (Å²) in [6.45, 7) is 2.69. The summed E-state index contributed by atoms with van der Waals surface area (Å²) < 4.78 is 9.34. The SMILES string of the molecule is COc1ccc2ncc(Cn3ncc4ncc(-c5cccc(C)c5)cc43)n2c1. The zero-order valence-corrected chi connectivity index (χ0v) is 15.7. The van der Waals surface area contributed by atoms with Crippen LogP contribution in [0.3, 0.4) is 0 Å². The van der Waals surface area contributed by atoms with Crippen molar-refractivity contribution in [3.05, 3.63) is 78.5 Å². The minimum absolute atomic E-state index is 0.594. The Hall–Kier alpha value is -3.67. The smallest absolute Gasteiger partial charge is 0.137 e. The first kappa shape index (κ1) is 16.5. The molecule has 0 saturated heterocycles. The normalized spacial score (nSPS) is 11.4. The van der Waals surface area contributed by atoms with E-state index in [2.05, 4.69) is 52.3 Å². The van der Waals surface area contributed by atoms with Crippen molar-refractivity contribution in [2.75, 3.05) is 7.11 Å². The maximum Gasteiger partial charge on any atom is 0.137 e. The summed E-state index contributed by atoms with van der Waals surface area (Å²) in [5.41, 5.74) is 7.25. The number of nitrogens with zero attached hydrogens (tertiary/aromatic N) is 5. The fourth-order valence-corrected chi connectivity index (χ4v) is 3.47. The number of aromatic nitrogens is 5. The van der Waals surface area contributed by atoms with Gasteiger partial charge < -0.3 is 4.74 Å². The Morgan fingerprint density at radius 3 is 2.75 bits per heavy atom. The van der Waals surface area contributed by atoms with Gasteiger partial charge in [-0.25, -0.2) is 4.98 Å². The molecule has 0 aliphatic heterocycles. The highest BCUT2D eigenvalue weighted by atomic mass is 16.5. The van der Waals surface area contributed by atoms with Crippen LogP contribution in [-0.2, 0) is 6.54 Å². The molecule has 5 rings (SSSR count). The van der Waals surface area contributed by atoms with Crippen molar-refractivity contribution in [1.29, 1.82) is 0 Å². The lowest BCUT2D eigenvalue weighted by Gasteiger charge is -2.07. The molecule has 0 radical (unpaired) electrons. The van der Waals surface area contributed by atoms with Crippen molar-refractivity contribution in [2.24, 2.45) is 0 Å². The molecule has 1 aromatic carbocycles. The fourth-order valence-electron chi connectivity index (χ4n) is 3.47. The third-order valence-corrected chi connectivity index (χ3v) is 4.95. The van der Waals surface area contributed by atoms with Gasteiger partial charge in [0, 0.05) is 11.8 Å². The Labute approximate surface area is 162 Å². The van der Waals surface area contributed by atoms with Crippen molar-refractivity contribution in [3.8, 4) is 16.9 Å². The molecule has 0 fully saturated rings. The van der Waals surface area contributed by atoms with E-state index in [0.29, 0.717) is 6.54 Å². The van der Waals surface area contributed by atoms with Crippen LogP contribution < -0.4 is 4.74 Å². The summed E-state index contributed by atoms with van der Waals surface area (Å²) in [6.07, 6.45) is 7.53. The van der Waals surface area contributed by atoms with E-state index in [0.717, 1.165) is 39.3 Å². The Morgan fingerprint density at radius 2 is 1.89 bits per heavy atom. The molecule has 4 aromatic heterocycles. The lowest BCUT2D eigenvalue weighted by molar-refractivity contribution is 0.412. The molecular formula is C22H19N5O. The molecule has 0 amide bonds. The Morgan fingerprint density at radius 1 is 0.964 bits per heavy atom. The van der Waals surface area contributed by atoms with Crippen LogP contribution in [0.25, 0.3) is 27.8 Å². The Kier molecular flexibility index (Phi) is 3.83. The van der Waals surface area contributed by atoms with Gasteiger partial charge in [0.05, 0.1) is 43.5 Å². The molecule has 138 valence electrons. The van der Waals surface area contributed by atoms with Gasteiger partial charge in [-0.1, -0.05) is 29.8 Å². The van der Waals surface area contributed by atoms with Crippen LogP contribution in [0.1, 0.15) is 11.3 Å². The highest BCUT2D eigenvalue weighted by Crippen LogP contribution is 2.24. The standard InChI is InChI=1S/C22H19N5O/c1-15-4-3-5-16(8-15)17-9-21-20(23-10-17)12-25-27(21)13-18-11-24-22-7-6-19(28-2)14-26(18)22/h3-12,14H,13H2,1-2H3. The number of imidazole rings is 1. The van der Waals surface area contributed by atoms with Crippen LogP contribution in [0.15, 0.2) is 67.3 Å². The zero-order chi connectivity index (χ0) is 19.1. The van der Waals surface area contributed by atoms with E-state index in [1.54, 1.807) is 13.3 Å². The minimum Gasteiger partial charge on any atom is -0.495 e. The molecule has 0 bridgehead atoms. The van der Waals surface area contributed by atoms with Crippen molar-refractivity contribution in [1.82, 2.24) is 24.1 Å². The first-order valence-electron chi connectivity index (χ1n) is 9.10. The number of hydrogen-bond donors (Lipinski definition) is 0. The molecule has 0 aliphatic carbocycles. The topological polar surface area (TPSA) is 57.2 Å². The van der Waals surface area contributed by atoms with E-state index in [1.807, 2.05) is 39.8 Å². The molecular weight excluding hydrogens is 350 g/mol. The minimum atomic E-state index is 0.594. The lowest BCUT2D eigenvalue weighted by Crippen LogP contribution is -2.04. The van der Waals surface area contributed by atoms with Gasteiger partial charge in [0.25, 0.3) is 0 Å². The van der Waals surface area contributed by atoms with E-state index in [1.165, 1.54) is 5.56 Å². The zero-order valence-electron chi connectivity index (χ0n) is 15.7. The van der Waals surface area contributed by atoms with Gasteiger partial charge >= 0.3 is 0 Å². The Balaban J connectivity index is 1.57. The van der Waals surface area contributed by atoms with Crippen LogP contribution in [0.4, 0.5) is 0 Å². The first-order valence-corrected chi connectivity index (χ1v) is 9.10. The molecule has 0 saturated carbocycles. The molecule has 5 aromatic rings. The monoisotopic (exact) mass is 369 g/mol. The number of methoxy groups -OCH3 is 1. The molecule has 0 spiro atoms. The van der Waals surface area contributed by atoms with Crippen molar-refractivity contribution >= 4 is 16.7 Å². The maximum absolute atomic E-state index is 5.35. The number of benzene rings is 1. The largest absolute Gasteiger partial charge is 0.495 e. The summed E-state index contributed by atoms with van der Waals surface area (Å²) >= 11 is 0. The van der Waals surface area contributed by atoms with Gasteiger partial charge in [0.1, 0.15) is 16.9 Å². The van der Waals surface area contributed by atoms with E-state index < -0.39 is 0 Å². The summed E-state index contributed by atoms with van der Waals surface area (Å²) in [7, 11) is 1.66.